The maximum absolute atomic E-state index is 9.70. The van der Waals surface area contributed by atoms with Crippen molar-refractivity contribution < 1.29 is 24.8 Å². The van der Waals surface area contributed by atoms with Crippen LogP contribution in [0.5, 0.6) is 0 Å². The van der Waals surface area contributed by atoms with E-state index in [-0.39, 0.29) is 6.61 Å². The Morgan fingerprint density at radius 2 is 1.89 bits per heavy atom. The minimum Gasteiger partial charge on any atom is -0.394 e. The molecular formula is C11H23NO5S. The van der Waals surface area contributed by atoms with Crippen molar-refractivity contribution >= 4 is 12.6 Å². The average Bonchev–Trinajstić information content (AvgIpc) is 2.38. The number of hydrogen-bond acceptors (Lipinski definition) is 7. The van der Waals surface area contributed by atoms with Crippen LogP contribution in [0, 0.1) is 0 Å². The summed E-state index contributed by atoms with van der Waals surface area (Å²) in [6, 6.07) is -0.812. The summed E-state index contributed by atoms with van der Waals surface area (Å²) in [5, 5.41) is 28.3. The van der Waals surface area contributed by atoms with Gasteiger partial charge in [-0.05, 0) is 18.6 Å². The van der Waals surface area contributed by atoms with Gasteiger partial charge in [0, 0.05) is 6.61 Å². The summed E-state index contributed by atoms with van der Waals surface area (Å²) in [6.07, 6.45) is -1.12. The highest BCUT2D eigenvalue weighted by Crippen LogP contribution is 2.20. The Kier molecular flexibility index (Phi) is 7.47. The van der Waals surface area contributed by atoms with Crippen molar-refractivity contribution in [1.29, 1.82) is 0 Å². The monoisotopic (exact) mass is 281 g/mol. The van der Waals surface area contributed by atoms with Crippen LogP contribution in [-0.4, -0.2) is 64.9 Å². The van der Waals surface area contributed by atoms with E-state index in [4.69, 9.17) is 20.3 Å². The summed E-state index contributed by atoms with van der Waals surface area (Å²) < 4.78 is 10.8. The Labute approximate surface area is 112 Å². The van der Waals surface area contributed by atoms with E-state index in [1.807, 2.05) is 0 Å². The number of thiol groups is 1. The van der Waals surface area contributed by atoms with E-state index in [1.54, 1.807) is 0 Å². The van der Waals surface area contributed by atoms with Gasteiger partial charge in [0.05, 0.1) is 12.6 Å². The lowest BCUT2D eigenvalue weighted by atomic mass is 9.98. The Hall–Kier alpha value is 0.110. The Bertz CT molecular complexity index is 231. The molecule has 6 nitrogen and oxygen atoms in total. The van der Waals surface area contributed by atoms with Gasteiger partial charge in [-0.1, -0.05) is 6.42 Å². The van der Waals surface area contributed by atoms with Crippen LogP contribution in [0.4, 0.5) is 0 Å². The Morgan fingerprint density at radius 1 is 1.17 bits per heavy atom. The fourth-order valence-corrected chi connectivity index (χ4v) is 2.07. The first kappa shape index (κ1) is 16.2. The van der Waals surface area contributed by atoms with Crippen LogP contribution >= 0.6 is 12.6 Å². The predicted octanol–water partition coefficient (Wildman–Crippen LogP) is -1.13. The number of nitrogens with two attached hydrogens (primary N) is 1. The molecule has 0 aromatic carbocycles. The molecule has 0 radical (unpaired) electrons. The van der Waals surface area contributed by atoms with Gasteiger partial charge in [-0.2, -0.15) is 12.6 Å². The van der Waals surface area contributed by atoms with Gasteiger partial charge in [-0.25, -0.2) is 0 Å². The summed E-state index contributed by atoms with van der Waals surface area (Å²) >= 11 is 4.11. The van der Waals surface area contributed by atoms with Crippen molar-refractivity contribution in [1.82, 2.24) is 0 Å². The molecule has 7 heteroatoms. The highest BCUT2D eigenvalue weighted by atomic mass is 32.1. The summed E-state index contributed by atoms with van der Waals surface area (Å²) in [7, 11) is 0. The van der Waals surface area contributed by atoms with Gasteiger partial charge < -0.3 is 30.5 Å². The van der Waals surface area contributed by atoms with Crippen molar-refractivity contribution in [3.05, 3.63) is 0 Å². The standard InChI is InChI=1S/C11H23NO5S/c12-8-10(15)9(14)7(6-13)17-11(8)16-4-2-1-3-5-18/h7-11,13-15,18H,1-6,12H2/t7?,8?,9-,10-,11-/m1/s1. The number of aliphatic hydroxyl groups excluding tert-OH is 3. The molecule has 0 aromatic rings. The van der Waals surface area contributed by atoms with Crippen molar-refractivity contribution in [2.45, 2.75) is 49.9 Å². The van der Waals surface area contributed by atoms with Crippen LogP contribution in [0.25, 0.3) is 0 Å². The zero-order valence-corrected chi connectivity index (χ0v) is 11.2. The number of aliphatic hydroxyl groups is 3. The van der Waals surface area contributed by atoms with Crippen LogP contribution in [-0.2, 0) is 9.47 Å². The van der Waals surface area contributed by atoms with E-state index in [0.29, 0.717) is 6.61 Å². The zero-order valence-electron chi connectivity index (χ0n) is 10.3. The predicted molar refractivity (Wildman–Crippen MR) is 69.4 cm³/mol. The summed E-state index contributed by atoms with van der Waals surface area (Å²) in [4.78, 5) is 0. The van der Waals surface area contributed by atoms with Crippen molar-refractivity contribution in [3.8, 4) is 0 Å². The second kappa shape index (κ2) is 8.31. The van der Waals surface area contributed by atoms with Gasteiger partial charge >= 0.3 is 0 Å². The van der Waals surface area contributed by atoms with Gasteiger partial charge in [-0.3, -0.25) is 0 Å². The lowest BCUT2D eigenvalue weighted by Crippen LogP contribution is -2.62. The molecule has 1 fully saturated rings. The second-order valence-electron chi connectivity index (χ2n) is 4.44. The third-order valence-electron chi connectivity index (χ3n) is 3.01. The Morgan fingerprint density at radius 3 is 2.50 bits per heavy atom. The van der Waals surface area contributed by atoms with E-state index in [9.17, 15) is 10.2 Å². The van der Waals surface area contributed by atoms with Crippen molar-refractivity contribution in [2.24, 2.45) is 5.73 Å². The van der Waals surface area contributed by atoms with Crippen LogP contribution in [0.3, 0.4) is 0 Å². The maximum atomic E-state index is 9.70. The smallest absolute Gasteiger partial charge is 0.175 e. The largest absolute Gasteiger partial charge is 0.394 e. The Balaban J connectivity index is 2.35. The fraction of sp³-hybridized carbons (Fsp3) is 1.00. The molecule has 0 aliphatic carbocycles. The maximum Gasteiger partial charge on any atom is 0.175 e. The van der Waals surface area contributed by atoms with Crippen LogP contribution in [0.2, 0.25) is 0 Å². The topological polar surface area (TPSA) is 105 Å². The lowest BCUT2D eigenvalue weighted by Gasteiger charge is -2.40. The zero-order chi connectivity index (χ0) is 13.5. The number of rotatable bonds is 7. The lowest BCUT2D eigenvalue weighted by molar-refractivity contribution is -0.265. The van der Waals surface area contributed by atoms with E-state index in [2.05, 4.69) is 12.6 Å². The molecular weight excluding hydrogens is 258 g/mol. The molecule has 2 unspecified atom stereocenters. The average molecular weight is 281 g/mol. The molecule has 0 bridgehead atoms. The molecule has 0 spiro atoms. The van der Waals surface area contributed by atoms with Gasteiger partial charge in [-0.15, -0.1) is 0 Å². The quantitative estimate of drug-likeness (QED) is 0.299. The van der Waals surface area contributed by atoms with Crippen molar-refractivity contribution in [2.75, 3.05) is 19.0 Å². The first-order valence-corrected chi connectivity index (χ1v) is 6.85. The third kappa shape index (κ3) is 4.34. The van der Waals surface area contributed by atoms with E-state index >= 15 is 0 Å². The molecule has 18 heavy (non-hydrogen) atoms. The van der Waals surface area contributed by atoms with Crippen LogP contribution in [0.15, 0.2) is 0 Å². The number of ether oxygens (including phenoxy) is 2. The van der Waals surface area contributed by atoms with Gasteiger partial charge in [0.15, 0.2) is 6.29 Å². The van der Waals surface area contributed by atoms with Crippen LogP contribution in [0.1, 0.15) is 19.3 Å². The molecule has 5 N–H and O–H groups in total. The van der Waals surface area contributed by atoms with Gasteiger partial charge in [0.2, 0.25) is 0 Å². The van der Waals surface area contributed by atoms with E-state index in [0.717, 1.165) is 25.0 Å². The highest BCUT2D eigenvalue weighted by molar-refractivity contribution is 7.80. The third-order valence-corrected chi connectivity index (χ3v) is 3.33. The summed E-state index contributed by atoms with van der Waals surface area (Å²) in [5.41, 5.74) is 5.72. The summed E-state index contributed by atoms with van der Waals surface area (Å²) in [5.74, 6) is 0.844. The molecule has 1 aliphatic rings. The van der Waals surface area contributed by atoms with Crippen molar-refractivity contribution in [3.63, 3.8) is 0 Å². The highest BCUT2D eigenvalue weighted by Gasteiger charge is 2.42. The number of unbranched alkanes of at least 4 members (excludes halogenated alkanes) is 2. The van der Waals surface area contributed by atoms with Crippen LogP contribution < -0.4 is 5.73 Å². The normalized spacial score (nSPS) is 36.8. The van der Waals surface area contributed by atoms with Gasteiger partial charge in [0.1, 0.15) is 18.3 Å². The van der Waals surface area contributed by atoms with E-state index < -0.39 is 30.6 Å². The number of hydrogen-bond donors (Lipinski definition) is 5. The van der Waals surface area contributed by atoms with E-state index in [1.165, 1.54) is 0 Å². The molecule has 0 amide bonds. The minimum absolute atomic E-state index is 0.384. The second-order valence-corrected chi connectivity index (χ2v) is 4.89. The molecule has 0 aromatic heterocycles. The minimum atomic E-state index is -1.19. The molecule has 1 aliphatic heterocycles. The molecule has 0 saturated carbocycles. The molecule has 5 atom stereocenters. The molecule has 108 valence electrons. The summed E-state index contributed by atoms with van der Waals surface area (Å²) in [6.45, 7) is 0.0809. The fourth-order valence-electron chi connectivity index (χ4n) is 1.84. The molecule has 1 saturated heterocycles. The SMILES string of the molecule is NC1[C@H](OCCCCCS)OC(CO)[C@@H](O)[C@@H]1O. The molecule has 1 rings (SSSR count). The van der Waals surface area contributed by atoms with Gasteiger partial charge in [0.25, 0.3) is 0 Å². The first-order valence-electron chi connectivity index (χ1n) is 6.22. The first-order chi connectivity index (χ1) is 8.61. The molecule has 1 heterocycles.